The molecule has 23 heavy (non-hydrogen) atoms. The zero-order chi connectivity index (χ0) is 16.0. The fourth-order valence-electron chi connectivity index (χ4n) is 3.06. The number of hydrogen-bond acceptors (Lipinski definition) is 3. The van der Waals surface area contributed by atoms with Crippen LogP contribution in [0.3, 0.4) is 0 Å². The summed E-state index contributed by atoms with van der Waals surface area (Å²) in [6, 6.07) is 7.70. The Hall–Kier alpha value is -2.34. The van der Waals surface area contributed by atoms with Gasteiger partial charge in [0.1, 0.15) is 12.4 Å². The van der Waals surface area contributed by atoms with E-state index in [9.17, 15) is 4.79 Å². The van der Waals surface area contributed by atoms with E-state index in [0.717, 1.165) is 29.1 Å². The monoisotopic (exact) mass is 329 g/mol. The predicted molar refractivity (Wildman–Crippen MR) is 87.1 cm³/mol. The van der Waals surface area contributed by atoms with E-state index in [0.29, 0.717) is 24.7 Å². The number of fused-ring (bicyclic) bond motifs is 2. The lowest BCUT2D eigenvalue weighted by molar-refractivity contribution is -0.133. The van der Waals surface area contributed by atoms with Gasteiger partial charge in [-0.25, -0.2) is 0 Å². The van der Waals surface area contributed by atoms with E-state index in [1.807, 2.05) is 46.9 Å². The first-order chi connectivity index (χ1) is 11.1. The summed E-state index contributed by atoms with van der Waals surface area (Å²) >= 11 is 6.06. The summed E-state index contributed by atoms with van der Waals surface area (Å²) in [4.78, 5) is 14.5. The average molecular weight is 330 g/mol. The third kappa shape index (κ3) is 2.49. The standard InChI is InChI=1S/C16H16ClN5O/c1-11-18-19-15-9-21(6-7-22(11)15)16(23)10-20-5-4-12-2-3-13(17)8-14(12)20/h2-5,8H,6-7,9-10H2,1H3. The Kier molecular flexibility index (Phi) is 3.34. The largest absolute Gasteiger partial charge is 0.338 e. The quantitative estimate of drug-likeness (QED) is 0.724. The lowest BCUT2D eigenvalue weighted by Gasteiger charge is -2.28. The van der Waals surface area contributed by atoms with Crippen LogP contribution in [0.5, 0.6) is 0 Å². The molecule has 0 saturated heterocycles. The van der Waals surface area contributed by atoms with Gasteiger partial charge in [0.15, 0.2) is 5.82 Å². The van der Waals surface area contributed by atoms with Crippen molar-refractivity contribution in [3.8, 4) is 0 Å². The first-order valence-corrected chi connectivity index (χ1v) is 7.90. The van der Waals surface area contributed by atoms with Crippen molar-refractivity contribution in [2.45, 2.75) is 26.6 Å². The van der Waals surface area contributed by atoms with Crippen LogP contribution in [0.25, 0.3) is 10.9 Å². The topological polar surface area (TPSA) is 56.0 Å². The number of rotatable bonds is 2. The van der Waals surface area contributed by atoms with Crippen molar-refractivity contribution in [2.24, 2.45) is 0 Å². The number of hydrogen-bond donors (Lipinski definition) is 0. The van der Waals surface area contributed by atoms with E-state index in [-0.39, 0.29) is 5.91 Å². The van der Waals surface area contributed by atoms with Gasteiger partial charge in [-0.1, -0.05) is 17.7 Å². The number of benzene rings is 1. The highest BCUT2D eigenvalue weighted by Gasteiger charge is 2.23. The maximum Gasteiger partial charge on any atom is 0.242 e. The van der Waals surface area contributed by atoms with E-state index in [1.165, 1.54) is 0 Å². The van der Waals surface area contributed by atoms with Crippen LogP contribution >= 0.6 is 11.6 Å². The van der Waals surface area contributed by atoms with Crippen LogP contribution in [-0.4, -0.2) is 36.7 Å². The lowest BCUT2D eigenvalue weighted by atomic mass is 10.2. The fourth-order valence-corrected chi connectivity index (χ4v) is 3.22. The second kappa shape index (κ2) is 5.38. The smallest absolute Gasteiger partial charge is 0.242 e. The van der Waals surface area contributed by atoms with E-state index >= 15 is 0 Å². The molecule has 4 rings (SSSR count). The molecule has 1 amide bonds. The molecule has 1 aliphatic heterocycles. The molecule has 1 aliphatic rings. The number of aromatic nitrogens is 4. The summed E-state index contributed by atoms with van der Waals surface area (Å²) in [6.07, 6.45) is 1.93. The third-order valence-corrected chi connectivity index (χ3v) is 4.57. The van der Waals surface area contributed by atoms with E-state index < -0.39 is 0 Å². The van der Waals surface area contributed by atoms with Crippen molar-refractivity contribution < 1.29 is 4.79 Å². The van der Waals surface area contributed by atoms with Gasteiger partial charge in [-0.05, 0) is 30.5 Å². The van der Waals surface area contributed by atoms with Gasteiger partial charge in [-0.15, -0.1) is 10.2 Å². The molecule has 1 aromatic carbocycles. The average Bonchev–Trinajstić information content (AvgIpc) is 3.11. The summed E-state index contributed by atoms with van der Waals surface area (Å²) in [7, 11) is 0. The fraction of sp³-hybridized carbons (Fsp3) is 0.312. The lowest BCUT2D eigenvalue weighted by Crippen LogP contribution is -2.40. The third-order valence-electron chi connectivity index (χ3n) is 4.33. The first kappa shape index (κ1) is 14.3. The van der Waals surface area contributed by atoms with Crippen molar-refractivity contribution >= 4 is 28.4 Å². The molecule has 118 valence electrons. The van der Waals surface area contributed by atoms with Crippen LogP contribution in [0.4, 0.5) is 0 Å². The maximum absolute atomic E-state index is 12.6. The zero-order valence-electron chi connectivity index (χ0n) is 12.7. The summed E-state index contributed by atoms with van der Waals surface area (Å²) in [6.45, 7) is 4.18. The molecular weight excluding hydrogens is 314 g/mol. The van der Waals surface area contributed by atoms with Crippen molar-refractivity contribution in [3.05, 3.63) is 47.1 Å². The summed E-state index contributed by atoms with van der Waals surface area (Å²) in [5.41, 5.74) is 0.974. The molecule has 3 aromatic rings. The van der Waals surface area contributed by atoms with Crippen molar-refractivity contribution in [2.75, 3.05) is 6.54 Å². The van der Waals surface area contributed by atoms with Gasteiger partial charge < -0.3 is 14.0 Å². The molecule has 0 spiro atoms. The molecule has 0 N–H and O–H groups in total. The van der Waals surface area contributed by atoms with Crippen molar-refractivity contribution in [1.29, 1.82) is 0 Å². The molecule has 0 fully saturated rings. The Bertz CT molecular complexity index is 897. The molecule has 2 aromatic heterocycles. The van der Waals surface area contributed by atoms with Gasteiger partial charge in [-0.3, -0.25) is 4.79 Å². The SMILES string of the molecule is Cc1nnc2n1CCN(C(=O)Cn1ccc3ccc(Cl)cc31)C2. The highest BCUT2D eigenvalue weighted by atomic mass is 35.5. The molecule has 0 saturated carbocycles. The van der Waals surface area contributed by atoms with Gasteiger partial charge in [0.25, 0.3) is 0 Å². The van der Waals surface area contributed by atoms with Crippen LogP contribution in [0.1, 0.15) is 11.6 Å². The van der Waals surface area contributed by atoms with E-state index in [1.54, 1.807) is 0 Å². The summed E-state index contributed by atoms with van der Waals surface area (Å²) in [5, 5.41) is 9.97. The van der Waals surface area contributed by atoms with Gasteiger partial charge >= 0.3 is 0 Å². The minimum Gasteiger partial charge on any atom is -0.338 e. The van der Waals surface area contributed by atoms with Gasteiger partial charge in [-0.2, -0.15) is 0 Å². The van der Waals surface area contributed by atoms with Gasteiger partial charge in [0.05, 0.1) is 6.54 Å². The van der Waals surface area contributed by atoms with Gasteiger partial charge in [0, 0.05) is 29.8 Å². The Balaban J connectivity index is 1.55. The molecule has 0 aliphatic carbocycles. The molecule has 7 heteroatoms. The minimum absolute atomic E-state index is 0.0781. The van der Waals surface area contributed by atoms with Crippen LogP contribution < -0.4 is 0 Å². The number of carbonyl (C=O) groups is 1. The number of carbonyl (C=O) groups excluding carboxylic acids is 1. The predicted octanol–water partition coefficient (Wildman–Crippen LogP) is 2.24. The Morgan fingerprint density at radius 1 is 1.26 bits per heavy atom. The zero-order valence-corrected chi connectivity index (χ0v) is 13.5. The second-order valence-electron chi connectivity index (χ2n) is 5.78. The number of aryl methyl sites for hydroxylation is 1. The van der Waals surface area contributed by atoms with E-state index in [4.69, 9.17) is 11.6 Å². The van der Waals surface area contributed by atoms with Crippen LogP contribution in [0.15, 0.2) is 30.5 Å². The Labute approximate surface area is 138 Å². The van der Waals surface area contributed by atoms with Gasteiger partial charge in [0.2, 0.25) is 5.91 Å². The van der Waals surface area contributed by atoms with Crippen molar-refractivity contribution in [1.82, 2.24) is 24.2 Å². The molecule has 6 nitrogen and oxygen atoms in total. The molecule has 0 unspecified atom stereocenters. The first-order valence-electron chi connectivity index (χ1n) is 7.53. The maximum atomic E-state index is 12.6. The highest BCUT2D eigenvalue weighted by Crippen LogP contribution is 2.21. The molecule has 0 radical (unpaired) electrons. The minimum atomic E-state index is 0.0781. The molecule has 0 atom stereocenters. The van der Waals surface area contributed by atoms with Crippen LogP contribution in [0.2, 0.25) is 5.02 Å². The summed E-state index contributed by atoms with van der Waals surface area (Å²) < 4.78 is 4.00. The second-order valence-corrected chi connectivity index (χ2v) is 6.21. The molecular formula is C16H16ClN5O. The van der Waals surface area contributed by atoms with Crippen LogP contribution in [-0.2, 0) is 24.4 Å². The number of amides is 1. The van der Waals surface area contributed by atoms with E-state index in [2.05, 4.69) is 14.8 Å². The van der Waals surface area contributed by atoms with Crippen molar-refractivity contribution in [3.63, 3.8) is 0 Å². The highest BCUT2D eigenvalue weighted by molar-refractivity contribution is 6.31. The number of nitrogens with zero attached hydrogens (tertiary/aromatic N) is 5. The Morgan fingerprint density at radius 3 is 3.00 bits per heavy atom. The van der Waals surface area contributed by atoms with Crippen LogP contribution in [0, 0.1) is 6.92 Å². The molecule has 3 heterocycles. The Morgan fingerprint density at radius 2 is 2.13 bits per heavy atom. The normalized spacial score (nSPS) is 14.3. The molecule has 0 bridgehead atoms. The summed E-state index contributed by atoms with van der Waals surface area (Å²) in [5.74, 6) is 1.83. The number of halogens is 1.